The SMILES string of the molecule is [CH2]C(=O)c1cc([CH2])ccc1OC. The average Bonchev–Trinajstić information content (AvgIpc) is 2.04. The molecular weight excluding hydrogens is 152 g/mol. The van der Waals surface area contributed by atoms with Gasteiger partial charge >= 0.3 is 0 Å². The van der Waals surface area contributed by atoms with Gasteiger partial charge in [-0.3, -0.25) is 4.79 Å². The molecule has 2 heteroatoms. The summed E-state index contributed by atoms with van der Waals surface area (Å²) in [6.45, 7) is 7.02. The van der Waals surface area contributed by atoms with E-state index in [-0.39, 0.29) is 5.78 Å². The van der Waals surface area contributed by atoms with Crippen LogP contribution in [-0.4, -0.2) is 12.9 Å². The van der Waals surface area contributed by atoms with Crippen molar-refractivity contribution in [2.75, 3.05) is 7.11 Å². The molecule has 0 bridgehead atoms. The highest BCUT2D eigenvalue weighted by atomic mass is 16.5. The summed E-state index contributed by atoms with van der Waals surface area (Å²) in [6, 6.07) is 5.15. The number of ether oxygens (including phenoxy) is 1. The van der Waals surface area contributed by atoms with Gasteiger partial charge in [-0.1, -0.05) is 6.07 Å². The fourth-order valence-corrected chi connectivity index (χ4v) is 0.973. The normalized spacial score (nSPS) is 9.58. The summed E-state index contributed by atoms with van der Waals surface area (Å²) in [6.07, 6.45) is 0. The zero-order valence-electron chi connectivity index (χ0n) is 6.96. The molecule has 1 aromatic rings. The van der Waals surface area contributed by atoms with Gasteiger partial charge in [-0.15, -0.1) is 0 Å². The molecule has 0 fully saturated rings. The van der Waals surface area contributed by atoms with Crippen molar-refractivity contribution >= 4 is 5.78 Å². The number of benzene rings is 1. The summed E-state index contributed by atoms with van der Waals surface area (Å²) < 4.78 is 4.97. The smallest absolute Gasteiger partial charge is 0.167 e. The average molecular weight is 162 g/mol. The molecule has 0 heterocycles. The first-order valence-corrected chi connectivity index (χ1v) is 3.51. The van der Waals surface area contributed by atoms with Crippen molar-refractivity contribution in [3.8, 4) is 5.75 Å². The fraction of sp³-hybridized carbons (Fsp3) is 0.100. The van der Waals surface area contributed by atoms with Crippen LogP contribution in [0.5, 0.6) is 5.75 Å². The predicted molar refractivity (Wildman–Crippen MR) is 47.1 cm³/mol. The van der Waals surface area contributed by atoms with Gasteiger partial charge in [0.2, 0.25) is 0 Å². The first-order valence-electron chi connectivity index (χ1n) is 3.51. The summed E-state index contributed by atoms with van der Waals surface area (Å²) in [5.41, 5.74) is 1.26. The molecule has 0 spiro atoms. The summed E-state index contributed by atoms with van der Waals surface area (Å²) in [5, 5.41) is 0. The van der Waals surface area contributed by atoms with Crippen molar-refractivity contribution < 1.29 is 9.53 Å². The van der Waals surface area contributed by atoms with Crippen LogP contribution in [0.2, 0.25) is 0 Å². The van der Waals surface area contributed by atoms with Crippen LogP contribution in [-0.2, 0) is 0 Å². The molecule has 0 atom stereocenters. The Morgan fingerprint density at radius 3 is 2.67 bits per heavy atom. The molecular formula is C10H10O2. The molecule has 62 valence electrons. The van der Waals surface area contributed by atoms with Gasteiger partial charge in [-0.25, -0.2) is 0 Å². The molecule has 0 saturated heterocycles. The van der Waals surface area contributed by atoms with Crippen molar-refractivity contribution in [1.29, 1.82) is 0 Å². The van der Waals surface area contributed by atoms with Crippen molar-refractivity contribution in [3.05, 3.63) is 43.2 Å². The van der Waals surface area contributed by atoms with Crippen LogP contribution in [0.1, 0.15) is 15.9 Å². The molecule has 1 aromatic carbocycles. The number of rotatable bonds is 2. The topological polar surface area (TPSA) is 26.3 Å². The van der Waals surface area contributed by atoms with Gasteiger partial charge in [0, 0.05) is 6.92 Å². The third kappa shape index (κ3) is 1.64. The maximum absolute atomic E-state index is 11.0. The lowest BCUT2D eigenvalue weighted by atomic mass is 10.1. The van der Waals surface area contributed by atoms with E-state index in [1.54, 1.807) is 18.2 Å². The van der Waals surface area contributed by atoms with Gasteiger partial charge in [0.25, 0.3) is 0 Å². The Hall–Kier alpha value is -1.31. The number of Topliss-reactive ketones (excluding diaryl/α,β-unsaturated/α-hetero) is 1. The third-order valence-corrected chi connectivity index (χ3v) is 1.56. The first-order chi connectivity index (χ1) is 5.65. The Kier molecular flexibility index (Phi) is 2.48. The molecule has 0 saturated carbocycles. The second-order valence-corrected chi connectivity index (χ2v) is 2.46. The van der Waals surface area contributed by atoms with Crippen LogP contribution in [0, 0.1) is 13.8 Å². The summed E-state index contributed by atoms with van der Waals surface area (Å²) >= 11 is 0. The van der Waals surface area contributed by atoms with Crippen molar-refractivity contribution in [2.45, 2.75) is 0 Å². The number of ketones is 1. The van der Waals surface area contributed by atoms with E-state index in [4.69, 9.17) is 4.74 Å². The maximum atomic E-state index is 11.0. The minimum absolute atomic E-state index is 0.252. The Bertz CT molecular complexity index is 303. The van der Waals surface area contributed by atoms with Crippen molar-refractivity contribution in [1.82, 2.24) is 0 Å². The minimum Gasteiger partial charge on any atom is -0.496 e. The first kappa shape index (κ1) is 8.78. The van der Waals surface area contributed by atoms with E-state index in [9.17, 15) is 4.79 Å². The maximum Gasteiger partial charge on any atom is 0.167 e. The number of carbonyl (C=O) groups excluding carboxylic acids is 1. The Morgan fingerprint density at radius 2 is 2.17 bits per heavy atom. The molecule has 0 aromatic heterocycles. The van der Waals surface area contributed by atoms with Gasteiger partial charge in [-0.2, -0.15) is 0 Å². The van der Waals surface area contributed by atoms with Crippen LogP contribution in [0.4, 0.5) is 0 Å². The molecule has 12 heavy (non-hydrogen) atoms. The molecule has 0 aliphatic heterocycles. The second-order valence-electron chi connectivity index (χ2n) is 2.46. The fourth-order valence-electron chi connectivity index (χ4n) is 0.973. The molecule has 0 aliphatic carbocycles. The van der Waals surface area contributed by atoms with E-state index in [1.807, 2.05) is 0 Å². The summed E-state index contributed by atoms with van der Waals surface area (Å²) in [4.78, 5) is 11.0. The second kappa shape index (κ2) is 3.39. The van der Waals surface area contributed by atoms with E-state index in [2.05, 4.69) is 13.8 Å². The molecule has 2 nitrogen and oxygen atoms in total. The molecule has 0 unspecified atom stereocenters. The molecule has 0 N–H and O–H groups in total. The Labute approximate surface area is 72.2 Å². The van der Waals surface area contributed by atoms with Gasteiger partial charge in [0.1, 0.15) is 5.75 Å². The van der Waals surface area contributed by atoms with E-state index in [0.29, 0.717) is 11.3 Å². The standard InChI is InChI=1S/C10H10O2/c1-7-4-5-10(12-3)9(6-7)8(2)11/h4-6H,1-2H2,3H3. The third-order valence-electron chi connectivity index (χ3n) is 1.56. The van der Waals surface area contributed by atoms with E-state index >= 15 is 0 Å². The van der Waals surface area contributed by atoms with Crippen LogP contribution in [0.15, 0.2) is 18.2 Å². The zero-order valence-corrected chi connectivity index (χ0v) is 6.96. The lowest BCUT2D eigenvalue weighted by Crippen LogP contribution is -1.97. The highest BCUT2D eigenvalue weighted by Gasteiger charge is 2.06. The van der Waals surface area contributed by atoms with E-state index < -0.39 is 0 Å². The summed E-state index contributed by atoms with van der Waals surface area (Å²) in [5.74, 6) is 0.291. The van der Waals surface area contributed by atoms with Gasteiger partial charge in [0.05, 0.1) is 12.7 Å². The predicted octanol–water partition coefficient (Wildman–Crippen LogP) is 1.89. The van der Waals surface area contributed by atoms with Gasteiger partial charge in [-0.05, 0) is 24.6 Å². The van der Waals surface area contributed by atoms with Crippen LogP contribution in [0.25, 0.3) is 0 Å². The molecule has 2 radical (unpaired) electrons. The lowest BCUT2D eigenvalue weighted by molar-refractivity contribution is 0.104. The minimum atomic E-state index is -0.252. The molecule has 0 amide bonds. The van der Waals surface area contributed by atoms with Crippen molar-refractivity contribution in [3.63, 3.8) is 0 Å². The van der Waals surface area contributed by atoms with Crippen molar-refractivity contribution in [2.24, 2.45) is 0 Å². The Balaban J connectivity index is 3.21. The monoisotopic (exact) mass is 162 g/mol. The van der Waals surface area contributed by atoms with Crippen LogP contribution >= 0.6 is 0 Å². The van der Waals surface area contributed by atoms with Gasteiger partial charge < -0.3 is 4.74 Å². The number of methoxy groups -OCH3 is 1. The highest BCUT2D eigenvalue weighted by Crippen LogP contribution is 2.19. The van der Waals surface area contributed by atoms with Crippen LogP contribution < -0.4 is 4.74 Å². The van der Waals surface area contributed by atoms with Crippen LogP contribution in [0.3, 0.4) is 0 Å². The summed E-state index contributed by atoms with van der Waals surface area (Å²) in [7, 11) is 1.52. The quantitative estimate of drug-likeness (QED) is 0.621. The van der Waals surface area contributed by atoms with E-state index in [0.717, 1.165) is 5.56 Å². The lowest BCUT2D eigenvalue weighted by Gasteiger charge is -2.05. The van der Waals surface area contributed by atoms with E-state index in [1.165, 1.54) is 7.11 Å². The number of hydrogen-bond donors (Lipinski definition) is 0. The molecule has 0 aliphatic rings. The number of hydrogen-bond acceptors (Lipinski definition) is 2. The largest absolute Gasteiger partial charge is 0.496 e. The highest BCUT2D eigenvalue weighted by molar-refractivity contribution is 6.01. The molecule has 1 rings (SSSR count). The van der Waals surface area contributed by atoms with Gasteiger partial charge in [0.15, 0.2) is 5.78 Å². The zero-order chi connectivity index (χ0) is 9.14. The number of carbonyl (C=O) groups is 1. The Morgan fingerprint density at radius 1 is 1.50 bits per heavy atom.